The van der Waals surface area contributed by atoms with E-state index in [9.17, 15) is 4.39 Å². The van der Waals surface area contributed by atoms with E-state index in [0.717, 1.165) is 18.7 Å². The van der Waals surface area contributed by atoms with Gasteiger partial charge in [0.15, 0.2) is 0 Å². The summed E-state index contributed by atoms with van der Waals surface area (Å²) in [6, 6.07) is 4.44. The van der Waals surface area contributed by atoms with Crippen LogP contribution in [0, 0.1) is 5.82 Å². The van der Waals surface area contributed by atoms with Crippen molar-refractivity contribution in [2.45, 2.75) is 56.7 Å². The number of halogens is 2. The summed E-state index contributed by atoms with van der Waals surface area (Å²) in [4.78, 5) is 0. The fourth-order valence-corrected chi connectivity index (χ4v) is 3.69. The lowest BCUT2D eigenvalue weighted by molar-refractivity contribution is -0.0588. The van der Waals surface area contributed by atoms with E-state index in [1.54, 1.807) is 6.07 Å². The van der Waals surface area contributed by atoms with E-state index in [-0.39, 0.29) is 17.5 Å². The van der Waals surface area contributed by atoms with Crippen LogP contribution in [0.1, 0.15) is 44.9 Å². The molecule has 0 aromatic heterocycles. The highest BCUT2D eigenvalue weighted by Gasteiger charge is 2.40. The van der Waals surface area contributed by atoms with Gasteiger partial charge in [-0.2, -0.15) is 0 Å². The van der Waals surface area contributed by atoms with Gasteiger partial charge in [0.2, 0.25) is 0 Å². The fourth-order valence-electron chi connectivity index (χ4n) is 3.46. The standard InChI is InChI=1S/C16H21ClFNO/c17-14-10-12(18)4-5-15(14)19-11-13-6-9-16(20-13)7-2-1-3-8-16/h4-5,10,13,19H,1-3,6-9,11H2. The molecule has 0 radical (unpaired) electrons. The van der Waals surface area contributed by atoms with Crippen LogP contribution in [0.2, 0.25) is 5.02 Å². The Bertz CT molecular complexity index is 474. The highest BCUT2D eigenvalue weighted by atomic mass is 35.5. The minimum atomic E-state index is -0.307. The molecule has 1 aromatic rings. The van der Waals surface area contributed by atoms with Gasteiger partial charge >= 0.3 is 0 Å². The summed E-state index contributed by atoms with van der Waals surface area (Å²) in [5.74, 6) is -0.307. The molecule has 0 amide bonds. The van der Waals surface area contributed by atoms with Gasteiger partial charge in [-0.15, -0.1) is 0 Å². The Morgan fingerprint density at radius 2 is 2.05 bits per heavy atom. The van der Waals surface area contributed by atoms with Crippen LogP contribution in [0.4, 0.5) is 10.1 Å². The van der Waals surface area contributed by atoms with Crippen molar-refractivity contribution in [2.24, 2.45) is 0 Å². The molecule has 110 valence electrons. The molecule has 4 heteroatoms. The zero-order valence-electron chi connectivity index (χ0n) is 11.6. The first-order valence-corrected chi connectivity index (χ1v) is 7.91. The van der Waals surface area contributed by atoms with E-state index in [2.05, 4.69) is 5.32 Å². The predicted molar refractivity (Wildman–Crippen MR) is 79.8 cm³/mol. The van der Waals surface area contributed by atoms with Gasteiger partial charge in [0.05, 0.1) is 22.4 Å². The van der Waals surface area contributed by atoms with E-state index >= 15 is 0 Å². The molecule has 1 aliphatic carbocycles. The third-order valence-electron chi connectivity index (χ3n) is 4.55. The third-order valence-corrected chi connectivity index (χ3v) is 4.87. The Labute approximate surface area is 124 Å². The molecule has 2 nitrogen and oxygen atoms in total. The first-order chi connectivity index (χ1) is 9.67. The molecule has 20 heavy (non-hydrogen) atoms. The van der Waals surface area contributed by atoms with Crippen LogP contribution in [0.15, 0.2) is 18.2 Å². The Hall–Kier alpha value is -0.800. The van der Waals surface area contributed by atoms with E-state index in [1.165, 1.54) is 50.7 Å². The van der Waals surface area contributed by atoms with E-state index in [1.807, 2.05) is 0 Å². The van der Waals surface area contributed by atoms with Crippen molar-refractivity contribution in [1.82, 2.24) is 0 Å². The monoisotopic (exact) mass is 297 g/mol. The van der Waals surface area contributed by atoms with Gasteiger partial charge in [0.25, 0.3) is 0 Å². The maximum atomic E-state index is 13.0. The summed E-state index contributed by atoms with van der Waals surface area (Å²) in [5.41, 5.74) is 0.929. The minimum Gasteiger partial charge on any atom is -0.381 e. The van der Waals surface area contributed by atoms with E-state index < -0.39 is 0 Å². The Morgan fingerprint density at radius 1 is 1.25 bits per heavy atom. The minimum absolute atomic E-state index is 0.150. The number of nitrogens with one attached hydrogen (secondary N) is 1. The maximum absolute atomic E-state index is 13.0. The molecule has 2 aliphatic rings. The SMILES string of the molecule is Fc1ccc(NCC2CCC3(CCCCC3)O2)c(Cl)c1. The van der Waals surface area contributed by atoms with E-state index in [0.29, 0.717) is 5.02 Å². The number of hydrogen-bond acceptors (Lipinski definition) is 2. The van der Waals surface area contributed by atoms with E-state index in [4.69, 9.17) is 16.3 Å². The predicted octanol–water partition coefficient (Wildman–Crippen LogP) is 4.77. The molecule has 1 unspecified atom stereocenters. The number of anilines is 1. The zero-order valence-corrected chi connectivity index (χ0v) is 12.4. The van der Waals surface area contributed by atoms with Crippen molar-refractivity contribution >= 4 is 17.3 Å². The molecule has 2 fully saturated rings. The highest BCUT2D eigenvalue weighted by Crippen LogP contribution is 2.41. The van der Waals surface area contributed by atoms with Gasteiger partial charge in [0.1, 0.15) is 5.82 Å². The third kappa shape index (κ3) is 3.09. The zero-order chi connectivity index (χ0) is 14.0. The molecule has 1 saturated heterocycles. The number of ether oxygens (including phenoxy) is 1. The molecule has 1 heterocycles. The van der Waals surface area contributed by atoms with Crippen molar-refractivity contribution in [2.75, 3.05) is 11.9 Å². The van der Waals surface area contributed by atoms with Crippen LogP contribution in [0.5, 0.6) is 0 Å². The summed E-state index contributed by atoms with van der Waals surface area (Å²) in [6.45, 7) is 0.743. The Kier molecular flexibility index (Phi) is 4.18. The summed E-state index contributed by atoms with van der Waals surface area (Å²) in [7, 11) is 0. The van der Waals surface area contributed by atoms with Crippen LogP contribution in [0.3, 0.4) is 0 Å². The molecular formula is C16H21ClFNO. The van der Waals surface area contributed by atoms with Crippen LogP contribution in [-0.4, -0.2) is 18.2 Å². The molecule has 1 N–H and O–H groups in total. The van der Waals surface area contributed by atoms with Gasteiger partial charge in [0, 0.05) is 6.54 Å². The van der Waals surface area contributed by atoms with Crippen molar-refractivity contribution in [3.8, 4) is 0 Å². The molecular weight excluding hydrogens is 277 g/mol. The van der Waals surface area contributed by atoms with Gasteiger partial charge in [-0.25, -0.2) is 4.39 Å². The molecule has 1 aliphatic heterocycles. The molecule has 1 atom stereocenters. The van der Waals surface area contributed by atoms with Crippen molar-refractivity contribution in [3.05, 3.63) is 29.0 Å². The molecule has 1 aromatic carbocycles. The van der Waals surface area contributed by atoms with Crippen LogP contribution >= 0.6 is 11.6 Å². The summed E-state index contributed by atoms with van der Waals surface area (Å²) >= 11 is 6.01. The first kappa shape index (κ1) is 14.2. The Balaban J connectivity index is 1.54. The average Bonchev–Trinajstić information content (AvgIpc) is 2.82. The van der Waals surface area contributed by atoms with Crippen molar-refractivity contribution in [3.63, 3.8) is 0 Å². The Morgan fingerprint density at radius 3 is 2.80 bits per heavy atom. The quantitative estimate of drug-likeness (QED) is 0.867. The molecule has 1 saturated carbocycles. The topological polar surface area (TPSA) is 21.3 Å². The molecule has 1 spiro atoms. The number of hydrogen-bond donors (Lipinski definition) is 1. The normalized spacial score (nSPS) is 25.0. The first-order valence-electron chi connectivity index (χ1n) is 7.54. The molecule has 0 bridgehead atoms. The molecule has 3 rings (SSSR count). The second kappa shape index (κ2) is 5.90. The summed E-state index contributed by atoms with van der Waals surface area (Å²) in [5, 5.41) is 3.71. The van der Waals surface area contributed by atoms with Crippen LogP contribution in [-0.2, 0) is 4.74 Å². The number of benzene rings is 1. The highest BCUT2D eigenvalue weighted by molar-refractivity contribution is 6.33. The lowest BCUT2D eigenvalue weighted by Gasteiger charge is -2.33. The maximum Gasteiger partial charge on any atom is 0.124 e. The fraction of sp³-hybridized carbons (Fsp3) is 0.625. The smallest absolute Gasteiger partial charge is 0.124 e. The van der Waals surface area contributed by atoms with Crippen molar-refractivity contribution < 1.29 is 9.13 Å². The lowest BCUT2D eigenvalue weighted by atomic mass is 9.83. The second-order valence-electron chi connectivity index (χ2n) is 6.03. The second-order valence-corrected chi connectivity index (χ2v) is 6.43. The summed E-state index contributed by atoms with van der Waals surface area (Å²) in [6.07, 6.45) is 8.88. The summed E-state index contributed by atoms with van der Waals surface area (Å²) < 4.78 is 19.3. The van der Waals surface area contributed by atoms with Gasteiger partial charge < -0.3 is 10.1 Å². The largest absolute Gasteiger partial charge is 0.381 e. The lowest BCUT2D eigenvalue weighted by Crippen LogP contribution is -2.33. The van der Waals surface area contributed by atoms with Crippen LogP contribution in [0.25, 0.3) is 0 Å². The van der Waals surface area contributed by atoms with Crippen LogP contribution < -0.4 is 5.32 Å². The average molecular weight is 298 g/mol. The van der Waals surface area contributed by atoms with Crippen molar-refractivity contribution in [1.29, 1.82) is 0 Å². The van der Waals surface area contributed by atoms with Gasteiger partial charge in [-0.3, -0.25) is 0 Å². The van der Waals surface area contributed by atoms with Gasteiger partial charge in [-0.1, -0.05) is 30.9 Å². The van der Waals surface area contributed by atoms with Gasteiger partial charge in [-0.05, 0) is 43.9 Å². The number of rotatable bonds is 3.